The quantitative estimate of drug-likeness (QED) is 0.872. The van der Waals surface area contributed by atoms with Gasteiger partial charge >= 0.3 is 0 Å². The summed E-state index contributed by atoms with van der Waals surface area (Å²) in [6.07, 6.45) is 0.388. The molecule has 0 saturated heterocycles. The molecule has 0 bridgehead atoms. The van der Waals surface area contributed by atoms with Crippen LogP contribution < -0.4 is 5.32 Å². The Bertz CT molecular complexity index is 927. The number of benzodiazepines with no additional fused rings is 1. The third-order valence-electron chi connectivity index (χ3n) is 4.34. The van der Waals surface area contributed by atoms with Gasteiger partial charge in [0, 0.05) is 36.7 Å². The highest BCUT2D eigenvalue weighted by Crippen LogP contribution is 2.29. The lowest BCUT2D eigenvalue weighted by molar-refractivity contribution is -0.129. The molecule has 5 nitrogen and oxygen atoms in total. The Balaban J connectivity index is 2.07. The second kappa shape index (κ2) is 7.88. The Morgan fingerprint density at radius 2 is 1.96 bits per heavy atom. The van der Waals surface area contributed by atoms with E-state index in [0.717, 1.165) is 0 Å². The van der Waals surface area contributed by atoms with Crippen LogP contribution in [0.15, 0.2) is 47.5 Å². The average Bonchev–Trinajstić information content (AvgIpc) is 2.76. The second-order valence-corrected chi connectivity index (χ2v) is 6.92. The van der Waals surface area contributed by atoms with Crippen LogP contribution in [0.25, 0.3) is 0 Å². The number of halogens is 2. The van der Waals surface area contributed by atoms with Crippen LogP contribution >= 0.6 is 11.6 Å². The first kappa shape index (κ1) is 19.0. The van der Waals surface area contributed by atoms with Gasteiger partial charge in [-0.1, -0.05) is 23.7 Å². The number of aliphatic imine (C=N–C) groups is 1. The Morgan fingerprint density at radius 1 is 1.22 bits per heavy atom. The average molecular weight is 388 g/mol. The summed E-state index contributed by atoms with van der Waals surface area (Å²) in [5.74, 6) is -0.883. The summed E-state index contributed by atoms with van der Waals surface area (Å²) in [5, 5.41) is 3.26. The number of benzene rings is 2. The first-order valence-corrected chi connectivity index (χ1v) is 8.88. The standard InChI is InChI=1S/C20H19ClFN3O2/c1-25(2)18(26)10-9-17-20(27)24-16-8-7-12(21)11-14(16)19(23-17)13-5-3-4-6-15(13)22/h3-8,11,17H,9-10H2,1-2H3,(H,24,27). The molecule has 0 fully saturated rings. The van der Waals surface area contributed by atoms with Crippen molar-refractivity contribution in [1.29, 1.82) is 0 Å². The van der Waals surface area contributed by atoms with Gasteiger partial charge in [-0.25, -0.2) is 4.39 Å². The Labute approximate surface area is 161 Å². The maximum atomic E-state index is 14.5. The van der Waals surface area contributed by atoms with Crippen molar-refractivity contribution in [3.05, 3.63) is 64.4 Å². The molecule has 0 saturated carbocycles. The molecule has 1 atom stereocenters. The fraction of sp³-hybridized carbons (Fsp3) is 0.250. The molecule has 27 heavy (non-hydrogen) atoms. The molecule has 0 radical (unpaired) electrons. The van der Waals surface area contributed by atoms with Gasteiger partial charge < -0.3 is 10.2 Å². The van der Waals surface area contributed by atoms with E-state index >= 15 is 0 Å². The third-order valence-corrected chi connectivity index (χ3v) is 4.58. The minimum Gasteiger partial charge on any atom is -0.349 e. The summed E-state index contributed by atoms with van der Waals surface area (Å²) in [7, 11) is 3.31. The lowest BCUT2D eigenvalue weighted by atomic mass is 10.00. The third kappa shape index (κ3) is 4.17. The van der Waals surface area contributed by atoms with Gasteiger partial charge in [-0.3, -0.25) is 14.6 Å². The van der Waals surface area contributed by atoms with Crippen LogP contribution in [-0.2, 0) is 9.59 Å². The minimum atomic E-state index is -0.810. The molecule has 140 valence electrons. The zero-order valence-electron chi connectivity index (χ0n) is 15.0. The van der Waals surface area contributed by atoms with E-state index in [-0.39, 0.29) is 30.2 Å². The van der Waals surface area contributed by atoms with Crippen molar-refractivity contribution in [2.45, 2.75) is 18.9 Å². The first-order valence-electron chi connectivity index (χ1n) is 8.50. The van der Waals surface area contributed by atoms with Gasteiger partial charge in [0.25, 0.3) is 0 Å². The van der Waals surface area contributed by atoms with Crippen LogP contribution in [0.3, 0.4) is 0 Å². The van der Waals surface area contributed by atoms with Gasteiger partial charge in [-0.15, -0.1) is 0 Å². The lowest BCUT2D eigenvalue weighted by Gasteiger charge is -2.13. The summed E-state index contributed by atoms with van der Waals surface area (Å²) >= 11 is 6.12. The summed E-state index contributed by atoms with van der Waals surface area (Å²) in [6, 6.07) is 10.4. The Morgan fingerprint density at radius 3 is 2.67 bits per heavy atom. The van der Waals surface area contributed by atoms with Crippen molar-refractivity contribution in [2.75, 3.05) is 19.4 Å². The first-order chi connectivity index (χ1) is 12.9. The maximum absolute atomic E-state index is 14.5. The van der Waals surface area contributed by atoms with E-state index in [1.54, 1.807) is 50.5 Å². The van der Waals surface area contributed by atoms with Crippen molar-refractivity contribution < 1.29 is 14.0 Å². The Hall–Kier alpha value is -2.73. The molecule has 0 aromatic heterocycles. The van der Waals surface area contributed by atoms with Gasteiger partial charge in [0.15, 0.2) is 0 Å². The molecule has 1 aliphatic rings. The van der Waals surface area contributed by atoms with Crippen LogP contribution in [0.5, 0.6) is 0 Å². The summed E-state index contributed by atoms with van der Waals surface area (Å²) in [5.41, 5.74) is 1.67. The number of nitrogens with one attached hydrogen (secondary N) is 1. The van der Waals surface area contributed by atoms with E-state index in [4.69, 9.17) is 11.6 Å². The van der Waals surface area contributed by atoms with Crippen LogP contribution in [0.1, 0.15) is 24.0 Å². The molecule has 7 heteroatoms. The molecule has 1 aliphatic heterocycles. The van der Waals surface area contributed by atoms with Crippen LogP contribution in [0.4, 0.5) is 10.1 Å². The van der Waals surface area contributed by atoms with Crippen molar-refractivity contribution in [3.8, 4) is 0 Å². The second-order valence-electron chi connectivity index (χ2n) is 6.48. The van der Waals surface area contributed by atoms with Crippen molar-refractivity contribution in [3.63, 3.8) is 0 Å². The SMILES string of the molecule is CN(C)C(=O)CCC1N=C(c2ccccc2F)c2cc(Cl)ccc2NC1=O. The fourth-order valence-electron chi connectivity index (χ4n) is 2.87. The van der Waals surface area contributed by atoms with E-state index in [1.807, 2.05) is 0 Å². The van der Waals surface area contributed by atoms with Crippen molar-refractivity contribution >= 4 is 34.8 Å². The molecular weight excluding hydrogens is 369 g/mol. The van der Waals surface area contributed by atoms with Gasteiger partial charge in [-0.05, 0) is 36.8 Å². The minimum absolute atomic E-state index is 0.102. The number of anilines is 1. The number of carbonyl (C=O) groups excluding carboxylic acids is 2. The van der Waals surface area contributed by atoms with Gasteiger partial charge in [0.1, 0.15) is 11.9 Å². The number of fused-ring (bicyclic) bond motifs is 1. The highest BCUT2D eigenvalue weighted by Gasteiger charge is 2.27. The van der Waals surface area contributed by atoms with Gasteiger partial charge in [-0.2, -0.15) is 0 Å². The molecule has 2 aromatic rings. The molecule has 0 spiro atoms. The Kier molecular flexibility index (Phi) is 5.56. The highest BCUT2D eigenvalue weighted by molar-refractivity contribution is 6.32. The van der Waals surface area contributed by atoms with E-state index in [0.29, 0.717) is 22.0 Å². The predicted octanol–water partition coefficient (Wildman–Crippen LogP) is 3.51. The molecule has 1 heterocycles. The van der Waals surface area contributed by atoms with Crippen LogP contribution in [0.2, 0.25) is 5.02 Å². The monoisotopic (exact) mass is 387 g/mol. The number of nitrogens with zero attached hydrogens (tertiary/aromatic N) is 2. The number of carbonyl (C=O) groups is 2. The molecular formula is C20H19ClFN3O2. The molecule has 3 rings (SSSR count). The lowest BCUT2D eigenvalue weighted by Crippen LogP contribution is -2.28. The number of hydrogen-bond donors (Lipinski definition) is 1. The number of rotatable bonds is 4. The van der Waals surface area contributed by atoms with E-state index < -0.39 is 11.9 Å². The van der Waals surface area contributed by atoms with E-state index in [9.17, 15) is 14.0 Å². The summed E-state index contributed by atoms with van der Waals surface area (Å²) in [6.45, 7) is 0. The smallest absolute Gasteiger partial charge is 0.249 e. The van der Waals surface area contributed by atoms with Gasteiger partial charge in [0.2, 0.25) is 11.8 Å². The largest absolute Gasteiger partial charge is 0.349 e. The van der Waals surface area contributed by atoms with Crippen molar-refractivity contribution in [1.82, 2.24) is 4.90 Å². The zero-order valence-corrected chi connectivity index (χ0v) is 15.8. The normalized spacial score (nSPS) is 16.1. The highest BCUT2D eigenvalue weighted by atomic mass is 35.5. The zero-order chi connectivity index (χ0) is 19.6. The van der Waals surface area contributed by atoms with Crippen LogP contribution in [-0.4, -0.2) is 42.6 Å². The molecule has 2 amide bonds. The topological polar surface area (TPSA) is 61.8 Å². The maximum Gasteiger partial charge on any atom is 0.249 e. The molecule has 2 aromatic carbocycles. The van der Waals surface area contributed by atoms with Gasteiger partial charge in [0.05, 0.1) is 11.4 Å². The molecule has 1 N–H and O–H groups in total. The number of hydrogen-bond acceptors (Lipinski definition) is 3. The molecule has 0 aliphatic carbocycles. The summed E-state index contributed by atoms with van der Waals surface area (Å²) < 4.78 is 14.5. The molecule has 1 unspecified atom stereocenters. The predicted molar refractivity (Wildman–Crippen MR) is 104 cm³/mol. The van der Waals surface area contributed by atoms with E-state index in [2.05, 4.69) is 10.3 Å². The fourth-order valence-corrected chi connectivity index (χ4v) is 3.04. The number of amides is 2. The summed E-state index contributed by atoms with van der Waals surface area (Å²) in [4.78, 5) is 30.6. The van der Waals surface area contributed by atoms with Crippen LogP contribution in [0, 0.1) is 5.82 Å². The van der Waals surface area contributed by atoms with Crippen molar-refractivity contribution in [2.24, 2.45) is 4.99 Å². The van der Waals surface area contributed by atoms with E-state index in [1.165, 1.54) is 11.0 Å².